The van der Waals surface area contributed by atoms with Crippen LogP contribution >= 0.6 is 11.8 Å². The second-order valence-electron chi connectivity index (χ2n) is 8.00. The number of thioether (sulfide) groups is 1. The quantitative estimate of drug-likeness (QED) is 0.469. The molecule has 4 rings (SSSR count). The van der Waals surface area contributed by atoms with E-state index in [2.05, 4.69) is 20.4 Å². The Balaban J connectivity index is 1.14. The second kappa shape index (κ2) is 11.4. The summed E-state index contributed by atoms with van der Waals surface area (Å²) >= 11 is 1.61. The van der Waals surface area contributed by atoms with Gasteiger partial charge in [0, 0.05) is 29.5 Å². The van der Waals surface area contributed by atoms with Crippen molar-refractivity contribution in [1.29, 1.82) is 0 Å². The van der Waals surface area contributed by atoms with Crippen LogP contribution < -0.4 is 5.32 Å². The molecule has 0 saturated carbocycles. The maximum atomic E-state index is 13.6. The van der Waals surface area contributed by atoms with Gasteiger partial charge in [0.05, 0.1) is 6.54 Å². The van der Waals surface area contributed by atoms with Gasteiger partial charge in [0.1, 0.15) is 11.6 Å². The largest absolute Gasteiger partial charge is 0.355 e. The summed E-state index contributed by atoms with van der Waals surface area (Å²) in [6, 6.07) is 12.7. The van der Waals surface area contributed by atoms with Crippen LogP contribution in [0, 0.1) is 17.6 Å². The highest BCUT2D eigenvalue weighted by atomic mass is 32.2. The van der Waals surface area contributed by atoms with Crippen LogP contribution in [0.4, 0.5) is 8.78 Å². The molecule has 2 heterocycles. The molecule has 0 bridgehead atoms. The van der Waals surface area contributed by atoms with Crippen LogP contribution in [0.1, 0.15) is 24.3 Å². The third-order valence-electron chi connectivity index (χ3n) is 5.65. The van der Waals surface area contributed by atoms with Crippen LogP contribution in [0.3, 0.4) is 0 Å². The van der Waals surface area contributed by atoms with Gasteiger partial charge in [-0.25, -0.2) is 8.78 Å². The van der Waals surface area contributed by atoms with E-state index in [9.17, 15) is 13.6 Å². The minimum Gasteiger partial charge on any atom is -0.355 e. The zero-order chi connectivity index (χ0) is 23.0. The van der Waals surface area contributed by atoms with Crippen molar-refractivity contribution in [2.24, 2.45) is 5.92 Å². The van der Waals surface area contributed by atoms with E-state index in [0.717, 1.165) is 31.7 Å². The number of rotatable bonds is 9. The van der Waals surface area contributed by atoms with Crippen molar-refractivity contribution in [2.45, 2.75) is 25.1 Å². The first-order valence-corrected chi connectivity index (χ1v) is 12.1. The smallest absolute Gasteiger partial charge is 0.241 e. The summed E-state index contributed by atoms with van der Waals surface area (Å²) < 4.78 is 32.0. The monoisotopic (exact) mass is 472 g/mol. The molecule has 1 saturated heterocycles. The van der Waals surface area contributed by atoms with Crippen molar-refractivity contribution in [1.82, 2.24) is 20.4 Å². The van der Waals surface area contributed by atoms with E-state index in [4.69, 9.17) is 4.52 Å². The van der Waals surface area contributed by atoms with Gasteiger partial charge in [-0.3, -0.25) is 9.69 Å². The summed E-state index contributed by atoms with van der Waals surface area (Å²) in [7, 11) is 0. The molecule has 174 valence electrons. The van der Waals surface area contributed by atoms with Gasteiger partial charge in [0.25, 0.3) is 0 Å². The van der Waals surface area contributed by atoms with Crippen molar-refractivity contribution in [3.8, 4) is 11.4 Å². The number of carbonyl (C=O) groups is 1. The number of benzene rings is 2. The molecule has 33 heavy (non-hydrogen) atoms. The van der Waals surface area contributed by atoms with Crippen LogP contribution in [-0.2, 0) is 17.1 Å². The standard InChI is InChI=1S/C24H26F2N4O2S/c25-20-7-5-17(6-8-20)23-28-22(32-29-23)15-30-12-9-18(10-13-30)24(31)27-11-14-33-16-19-3-1-2-4-21(19)26/h1-8,18H,9-16H2,(H,27,31). The van der Waals surface area contributed by atoms with Gasteiger partial charge >= 0.3 is 0 Å². The zero-order valence-corrected chi connectivity index (χ0v) is 19.0. The lowest BCUT2D eigenvalue weighted by Gasteiger charge is -2.30. The Hall–Kier alpha value is -2.78. The summed E-state index contributed by atoms with van der Waals surface area (Å²) in [5.74, 6) is 1.86. The highest BCUT2D eigenvalue weighted by Crippen LogP contribution is 2.21. The highest BCUT2D eigenvalue weighted by molar-refractivity contribution is 7.98. The Bertz CT molecular complexity index is 1050. The molecule has 1 fully saturated rings. The molecule has 6 nitrogen and oxygen atoms in total. The maximum Gasteiger partial charge on any atom is 0.241 e. The molecular formula is C24H26F2N4O2S. The fourth-order valence-electron chi connectivity index (χ4n) is 3.77. The Morgan fingerprint density at radius 2 is 1.88 bits per heavy atom. The summed E-state index contributed by atoms with van der Waals surface area (Å²) in [5.41, 5.74) is 1.39. The molecule has 0 atom stereocenters. The van der Waals surface area contributed by atoms with Gasteiger partial charge in [-0.15, -0.1) is 0 Å². The first-order valence-electron chi connectivity index (χ1n) is 11.0. The summed E-state index contributed by atoms with van der Waals surface area (Å²) in [4.78, 5) is 19.1. The van der Waals surface area contributed by atoms with Gasteiger partial charge in [-0.1, -0.05) is 23.4 Å². The van der Waals surface area contributed by atoms with Crippen molar-refractivity contribution < 1.29 is 18.1 Å². The molecule has 2 aromatic carbocycles. The van der Waals surface area contributed by atoms with E-state index in [-0.39, 0.29) is 23.5 Å². The summed E-state index contributed by atoms with van der Waals surface area (Å²) in [6.45, 7) is 2.64. The number of piperidine rings is 1. The van der Waals surface area contributed by atoms with Gasteiger partial charge in [0.15, 0.2) is 0 Å². The molecule has 0 aliphatic carbocycles. The topological polar surface area (TPSA) is 71.3 Å². The highest BCUT2D eigenvalue weighted by Gasteiger charge is 2.25. The summed E-state index contributed by atoms with van der Waals surface area (Å²) in [5, 5.41) is 6.98. The molecule has 0 spiro atoms. The van der Waals surface area contributed by atoms with Gasteiger partial charge < -0.3 is 9.84 Å². The number of halogens is 2. The molecule has 9 heteroatoms. The predicted octanol–water partition coefficient (Wildman–Crippen LogP) is 4.28. The number of carbonyl (C=O) groups excluding carboxylic acids is 1. The molecule has 1 aliphatic heterocycles. The van der Waals surface area contributed by atoms with Crippen LogP contribution in [-0.4, -0.2) is 46.3 Å². The minimum atomic E-state index is -0.310. The minimum absolute atomic E-state index is 0.00437. The molecule has 0 radical (unpaired) electrons. The van der Waals surface area contributed by atoms with E-state index >= 15 is 0 Å². The van der Waals surface area contributed by atoms with E-state index in [0.29, 0.717) is 41.7 Å². The maximum absolute atomic E-state index is 13.6. The van der Waals surface area contributed by atoms with E-state index < -0.39 is 0 Å². The lowest BCUT2D eigenvalue weighted by Crippen LogP contribution is -2.40. The zero-order valence-electron chi connectivity index (χ0n) is 18.2. The number of aromatic nitrogens is 2. The Kier molecular flexibility index (Phi) is 8.06. The first-order chi connectivity index (χ1) is 16.1. The second-order valence-corrected chi connectivity index (χ2v) is 9.11. The third-order valence-corrected chi connectivity index (χ3v) is 6.66. The number of amides is 1. The van der Waals surface area contributed by atoms with Crippen LogP contribution in [0.2, 0.25) is 0 Å². The van der Waals surface area contributed by atoms with Crippen molar-refractivity contribution in [3.63, 3.8) is 0 Å². The Morgan fingerprint density at radius 1 is 1.12 bits per heavy atom. The normalized spacial score (nSPS) is 15.0. The molecule has 1 aromatic heterocycles. The summed E-state index contributed by atoms with van der Waals surface area (Å²) in [6.07, 6.45) is 1.54. The van der Waals surface area contributed by atoms with Gasteiger partial charge in [0.2, 0.25) is 17.6 Å². The fraction of sp³-hybridized carbons (Fsp3) is 0.375. The molecule has 0 unspecified atom stereocenters. The molecule has 1 amide bonds. The molecule has 3 aromatic rings. The number of likely N-dealkylation sites (tertiary alicyclic amines) is 1. The number of hydrogen-bond donors (Lipinski definition) is 1. The average molecular weight is 473 g/mol. The average Bonchev–Trinajstić information content (AvgIpc) is 3.29. The van der Waals surface area contributed by atoms with Gasteiger partial charge in [-0.2, -0.15) is 16.7 Å². The van der Waals surface area contributed by atoms with Crippen LogP contribution in [0.5, 0.6) is 0 Å². The lowest BCUT2D eigenvalue weighted by atomic mass is 9.96. The van der Waals surface area contributed by atoms with Crippen LogP contribution in [0.25, 0.3) is 11.4 Å². The van der Waals surface area contributed by atoms with Crippen molar-refractivity contribution >= 4 is 17.7 Å². The number of nitrogens with one attached hydrogen (secondary N) is 1. The SMILES string of the molecule is O=C(NCCSCc1ccccc1F)C1CCN(Cc2nc(-c3ccc(F)cc3)no2)CC1. The van der Waals surface area contributed by atoms with E-state index in [1.54, 1.807) is 36.0 Å². The van der Waals surface area contributed by atoms with Crippen LogP contribution in [0.15, 0.2) is 53.1 Å². The van der Waals surface area contributed by atoms with Crippen molar-refractivity contribution in [2.75, 3.05) is 25.4 Å². The predicted molar refractivity (Wildman–Crippen MR) is 123 cm³/mol. The van der Waals surface area contributed by atoms with E-state index in [1.807, 2.05) is 6.07 Å². The van der Waals surface area contributed by atoms with E-state index in [1.165, 1.54) is 18.2 Å². The van der Waals surface area contributed by atoms with Crippen molar-refractivity contribution in [3.05, 3.63) is 71.6 Å². The molecule has 1 N–H and O–H groups in total. The Morgan fingerprint density at radius 3 is 2.64 bits per heavy atom. The lowest BCUT2D eigenvalue weighted by molar-refractivity contribution is -0.126. The molecular weight excluding hydrogens is 446 g/mol. The van der Waals surface area contributed by atoms with Gasteiger partial charge in [-0.05, 0) is 61.8 Å². The fourth-order valence-corrected chi connectivity index (χ4v) is 4.61. The first kappa shape index (κ1) is 23.4. The molecule has 1 aliphatic rings. The third kappa shape index (κ3) is 6.61. The Labute approximate surface area is 195 Å². The number of nitrogens with zero attached hydrogens (tertiary/aromatic N) is 3. The number of hydrogen-bond acceptors (Lipinski definition) is 6.